The lowest BCUT2D eigenvalue weighted by molar-refractivity contribution is 0.634. The van der Waals surface area contributed by atoms with Crippen LogP contribution in [0.1, 0.15) is 0 Å². The monoisotopic (exact) mass is 380 g/mol. The Morgan fingerprint density at radius 2 is 1.72 bits per heavy atom. The third kappa shape index (κ3) is 2.29. The fourth-order valence-electron chi connectivity index (χ4n) is 3.80. The fourth-order valence-corrected chi connectivity index (χ4v) is 3.80. The van der Waals surface area contributed by atoms with Crippen LogP contribution in [0, 0.1) is 5.82 Å². The average molecular weight is 380 g/mol. The smallest absolute Gasteiger partial charge is 0.168 e. The fraction of sp³-hybridized carbons (Fsp3) is 0. The van der Waals surface area contributed by atoms with E-state index in [0.29, 0.717) is 39.1 Å². The van der Waals surface area contributed by atoms with Crippen LogP contribution in [-0.4, -0.2) is 19.5 Å². The molecular weight excluding hydrogens is 367 g/mol. The Hall–Kier alpha value is -4.06. The van der Waals surface area contributed by atoms with E-state index in [9.17, 15) is 4.39 Å². The lowest BCUT2D eigenvalue weighted by atomic mass is 10.1. The van der Waals surface area contributed by atoms with E-state index in [-0.39, 0.29) is 5.82 Å². The number of imidazole rings is 1. The van der Waals surface area contributed by atoms with Crippen molar-refractivity contribution in [2.24, 2.45) is 0 Å². The minimum Gasteiger partial charge on any atom is -0.455 e. The summed E-state index contributed by atoms with van der Waals surface area (Å²) >= 11 is 0. The van der Waals surface area contributed by atoms with Gasteiger partial charge in [0.25, 0.3) is 0 Å². The quantitative estimate of drug-likeness (QED) is 0.397. The summed E-state index contributed by atoms with van der Waals surface area (Å²) in [6, 6.07) is 20.4. The molecule has 29 heavy (non-hydrogen) atoms. The van der Waals surface area contributed by atoms with Gasteiger partial charge in [-0.3, -0.25) is 4.57 Å². The molecule has 3 heterocycles. The van der Waals surface area contributed by atoms with E-state index in [1.54, 1.807) is 12.3 Å². The summed E-state index contributed by atoms with van der Waals surface area (Å²) in [6.45, 7) is 0. The molecule has 0 saturated carbocycles. The molecular formula is C23H13FN4O. The topological polar surface area (TPSA) is 56.7 Å². The van der Waals surface area contributed by atoms with E-state index < -0.39 is 0 Å². The van der Waals surface area contributed by atoms with E-state index in [1.165, 1.54) is 12.4 Å². The van der Waals surface area contributed by atoms with Crippen molar-refractivity contribution < 1.29 is 8.81 Å². The highest BCUT2D eigenvalue weighted by atomic mass is 19.1. The van der Waals surface area contributed by atoms with Crippen LogP contribution < -0.4 is 0 Å². The van der Waals surface area contributed by atoms with Crippen molar-refractivity contribution in [3.05, 3.63) is 85.1 Å². The molecule has 6 rings (SSSR count). The first kappa shape index (κ1) is 15.9. The summed E-state index contributed by atoms with van der Waals surface area (Å²) in [6.07, 6.45) is 3.17. The highest BCUT2D eigenvalue weighted by molar-refractivity contribution is 6.09. The Morgan fingerprint density at radius 1 is 0.897 bits per heavy atom. The largest absolute Gasteiger partial charge is 0.455 e. The molecule has 0 aliphatic heterocycles. The highest BCUT2D eigenvalue weighted by Gasteiger charge is 2.22. The second-order valence-electron chi connectivity index (χ2n) is 6.74. The first-order valence-corrected chi connectivity index (χ1v) is 9.15. The molecule has 0 bridgehead atoms. The molecule has 0 aliphatic carbocycles. The van der Waals surface area contributed by atoms with E-state index in [1.807, 2.05) is 59.2 Å². The van der Waals surface area contributed by atoms with Gasteiger partial charge in [0.1, 0.15) is 28.8 Å². The molecule has 6 aromatic rings. The van der Waals surface area contributed by atoms with Crippen LogP contribution in [0.3, 0.4) is 0 Å². The van der Waals surface area contributed by atoms with Gasteiger partial charge in [-0.1, -0.05) is 36.4 Å². The Kier molecular flexibility index (Phi) is 3.28. The Bertz CT molecular complexity index is 1520. The second kappa shape index (κ2) is 5.97. The van der Waals surface area contributed by atoms with Gasteiger partial charge in [-0.05, 0) is 30.3 Å². The zero-order chi connectivity index (χ0) is 19.4. The normalized spacial score (nSPS) is 11.6. The number of nitrogens with zero attached hydrogens (tertiary/aromatic N) is 4. The zero-order valence-corrected chi connectivity index (χ0v) is 15.1. The van der Waals surface area contributed by atoms with Crippen LogP contribution in [0.2, 0.25) is 0 Å². The molecule has 3 aromatic heterocycles. The van der Waals surface area contributed by atoms with Gasteiger partial charge in [-0.25, -0.2) is 19.3 Å². The number of para-hydroxylation sites is 2. The van der Waals surface area contributed by atoms with Crippen LogP contribution in [0.15, 0.2) is 83.7 Å². The van der Waals surface area contributed by atoms with Crippen LogP contribution >= 0.6 is 0 Å². The number of benzene rings is 3. The van der Waals surface area contributed by atoms with Crippen molar-refractivity contribution in [3.63, 3.8) is 0 Å². The van der Waals surface area contributed by atoms with Crippen molar-refractivity contribution in [1.82, 2.24) is 19.5 Å². The van der Waals surface area contributed by atoms with E-state index in [2.05, 4.69) is 9.97 Å². The number of halogens is 1. The number of furan rings is 1. The van der Waals surface area contributed by atoms with Crippen molar-refractivity contribution in [2.45, 2.75) is 0 Å². The molecule has 0 atom stereocenters. The van der Waals surface area contributed by atoms with Gasteiger partial charge in [0.2, 0.25) is 0 Å². The molecule has 0 N–H and O–H groups in total. The van der Waals surface area contributed by atoms with Gasteiger partial charge >= 0.3 is 0 Å². The summed E-state index contributed by atoms with van der Waals surface area (Å²) in [4.78, 5) is 13.3. The summed E-state index contributed by atoms with van der Waals surface area (Å²) in [5.41, 5.74) is 4.02. The van der Waals surface area contributed by atoms with Gasteiger partial charge in [-0.15, -0.1) is 0 Å². The predicted molar refractivity (Wildman–Crippen MR) is 109 cm³/mol. The van der Waals surface area contributed by atoms with Crippen molar-refractivity contribution in [3.8, 4) is 17.1 Å². The van der Waals surface area contributed by atoms with Crippen molar-refractivity contribution >= 4 is 33.1 Å². The maximum Gasteiger partial charge on any atom is 0.168 e. The molecule has 0 amide bonds. The number of fused-ring (bicyclic) bond motifs is 4. The highest BCUT2D eigenvalue weighted by Crippen LogP contribution is 2.38. The van der Waals surface area contributed by atoms with Gasteiger partial charge in [-0.2, -0.15) is 0 Å². The Balaban J connectivity index is 1.76. The number of hydrogen-bond acceptors (Lipinski definition) is 4. The molecule has 0 spiro atoms. The first-order chi connectivity index (χ1) is 14.3. The zero-order valence-electron chi connectivity index (χ0n) is 15.1. The maximum absolute atomic E-state index is 14.8. The van der Waals surface area contributed by atoms with Gasteiger partial charge in [0.05, 0.1) is 17.1 Å². The molecule has 5 nitrogen and oxygen atoms in total. The van der Waals surface area contributed by atoms with E-state index >= 15 is 0 Å². The van der Waals surface area contributed by atoms with Gasteiger partial charge < -0.3 is 4.42 Å². The number of aromatic nitrogens is 4. The minimum absolute atomic E-state index is 0.323. The summed E-state index contributed by atoms with van der Waals surface area (Å²) in [7, 11) is 0. The molecule has 0 saturated heterocycles. The van der Waals surface area contributed by atoms with Gasteiger partial charge in [0, 0.05) is 11.1 Å². The predicted octanol–water partition coefficient (Wildman–Crippen LogP) is 5.52. The Labute approximate surface area is 164 Å². The molecule has 0 radical (unpaired) electrons. The molecule has 6 heteroatoms. The van der Waals surface area contributed by atoms with Crippen LogP contribution in [-0.2, 0) is 0 Å². The third-order valence-corrected chi connectivity index (χ3v) is 5.05. The molecule has 3 aromatic carbocycles. The first-order valence-electron chi connectivity index (χ1n) is 9.15. The lowest BCUT2D eigenvalue weighted by Gasteiger charge is -2.09. The van der Waals surface area contributed by atoms with E-state index in [0.717, 1.165) is 11.1 Å². The lowest BCUT2D eigenvalue weighted by Crippen LogP contribution is -1.99. The molecule has 138 valence electrons. The van der Waals surface area contributed by atoms with Crippen LogP contribution in [0.25, 0.3) is 50.2 Å². The molecule has 0 fully saturated rings. The molecule has 0 unspecified atom stereocenters. The van der Waals surface area contributed by atoms with Crippen molar-refractivity contribution in [2.75, 3.05) is 0 Å². The average Bonchev–Trinajstić information content (AvgIpc) is 3.34. The standard InChI is InChI=1S/C23H13FN4O/c24-17-11-10-16(21-20(17)15-8-4-5-9-19(15)29-21)22-27-18-12-25-13-26-23(18)28(22)14-6-2-1-3-7-14/h1-13H. The Morgan fingerprint density at radius 3 is 2.62 bits per heavy atom. The SMILES string of the molecule is Fc1ccc(-c2nc3cncnc3n2-c2ccccc2)c2oc3ccccc3c12. The summed E-state index contributed by atoms with van der Waals surface area (Å²) in [5.74, 6) is 0.298. The van der Waals surface area contributed by atoms with E-state index in [4.69, 9.17) is 9.40 Å². The van der Waals surface area contributed by atoms with Crippen LogP contribution in [0.4, 0.5) is 4.39 Å². The minimum atomic E-state index is -0.323. The second-order valence-corrected chi connectivity index (χ2v) is 6.74. The van der Waals surface area contributed by atoms with Crippen molar-refractivity contribution in [1.29, 1.82) is 0 Å². The molecule has 0 aliphatic rings. The number of hydrogen-bond donors (Lipinski definition) is 0. The summed E-state index contributed by atoms with van der Waals surface area (Å²) < 4.78 is 22.8. The summed E-state index contributed by atoms with van der Waals surface area (Å²) in [5, 5.41) is 1.19. The van der Waals surface area contributed by atoms with Gasteiger partial charge in [0.15, 0.2) is 11.5 Å². The maximum atomic E-state index is 14.8. The van der Waals surface area contributed by atoms with Crippen LogP contribution in [0.5, 0.6) is 0 Å². The number of rotatable bonds is 2. The third-order valence-electron chi connectivity index (χ3n) is 5.05.